The third-order valence-corrected chi connectivity index (χ3v) is 2.82. The number of hydrogen-bond acceptors (Lipinski definition) is 3. The predicted molar refractivity (Wildman–Crippen MR) is 79.5 cm³/mol. The number of aromatic amines is 1. The second kappa shape index (κ2) is 5.49. The van der Waals surface area contributed by atoms with Crippen molar-refractivity contribution in [1.29, 1.82) is 0 Å². The van der Waals surface area contributed by atoms with Gasteiger partial charge in [0, 0.05) is 11.5 Å². The molecule has 0 atom stereocenters. The Morgan fingerprint density at radius 2 is 2.15 bits per heavy atom. The minimum absolute atomic E-state index is 0.307. The third kappa shape index (κ3) is 3.70. The molecule has 0 aliphatic carbocycles. The fraction of sp³-hybridized carbons (Fsp3) is 0.375. The van der Waals surface area contributed by atoms with Crippen LogP contribution in [0.3, 0.4) is 0 Å². The van der Waals surface area contributed by atoms with E-state index in [2.05, 4.69) is 22.3 Å². The van der Waals surface area contributed by atoms with Crippen LogP contribution >= 0.6 is 0 Å². The highest BCUT2D eigenvalue weighted by Crippen LogP contribution is 2.18. The summed E-state index contributed by atoms with van der Waals surface area (Å²) in [5.41, 5.74) is 2.91. The van der Waals surface area contributed by atoms with Crippen molar-refractivity contribution in [3.8, 4) is 0 Å². The first-order chi connectivity index (χ1) is 9.35. The van der Waals surface area contributed by atoms with Crippen molar-refractivity contribution in [2.75, 3.05) is 0 Å². The normalized spacial score (nSPS) is 12.2. The Kier molecular flexibility index (Phi) is 3.93. The molecule has 1 aromatic heterocycles. The van der Waals surface area contributed by atoms with Crippen LogP contribution in [0.2, 0.25) is 0 Å². The molecule has 2 rings (SSSR count). The minimum Gasteiger partial charge on any atom is -0.457 e. The van der Waals surface area contributed by atoms with Crippen molar-refractivity contribution in [2.45, 2.75) is 39.7 Å². The molecule has 0 saturated carbocycles. The number of ether oxygens (including phenoxy) is 1. The van der Waals surface area contributed by atoms with Crippen molar-refractivity contribution in [3.63, 3.8) is 0 Å². The van der Waals surface area contributed by atoms with Gasteiger partial charge in [-0.2, -0.15) is 5.10 Å². The molecule has 0 fully saturated rings. The molecule has 0 radical (unpaired) electrons. The molecule has 4 heteroatoms. The number of nitrogens with zero attached hydrogens (tertiary/aromatic N) is 1. The molecule has 20 heavy (non-hydrogen) atoms. The van der Waals surface area contributed by atoms with E-state index in [0.29, 0.717) is 6.42 Å². The van der Waals surface area contributed by atoms with Gasteiger partial charge in [-0.1, -0.05) is 12.1 Å². The van der Waals surface area contributed by atoms with Crippen molar-refractivity contribution in [3.05, 3.63) is 41.6 Å². The molecule has 2 aromatic rings. The molecule has 0 bridgehead atoms. The van der Waals surface area contributed by atoms with Crippen LogP contribution in [0, 0.1) is 6.92 Å². The Bertz CT molecular complexity index is 648. The zero-order chi connectivity index (χ0) is 14.8. The number of benzene rings is 1. The van der Waals surface area contributed by atoms with Crippen molar-refractivity contribution in [1.82, 2.24) is 10.2 Å². The van der Waals surface area contributed by atoms with Crippen LogP contribution in [-0.4, -0.2) is 21.8 Å². The Morgan fingerprint density at radius 1 is 1.40 bits per heavy atom. The Morgan fingerprint density at radius 3 is 2.85 bits per heavy atom. The topological polar surface area (TPSA) is 55.0 Å². The quantitative estimate of drug-likeness (QED) is 0.689. The van der Waals surface area contributed by atoms with Gasteiger partial charge in [0.25, 0.3) is 0 Å². The summed E-state index contributed by atoms with van der Waals surface area (Å²) in [5.74, 6) is -0.307. The van der Waals surface area contributed by atoms with Gasteiger partial charge in [0.15, 0.2) is 0 Å². The number of rotatable bonds is 3. The molecule has 0 spiro atoms. The van der Waals surface area contributed by atoms with Gasteiger partial charge in [-0.05, 0) is 51.3 Å². The van der Waals surface area contributed by atoms with E-state index in [1.807, 2.05) is 40.0 Å². The van der Waals surface area contributed by atoms with Crippen LogP contribution in [0.4, 0.5) is 0 Å². The number of aromatic nitrogens is 2. The molecular weight excluding hydrogens is 252 g/mol. The molecule has 0 saturated heterocycles. The van der Waals surface area contributed by atoms with E-state index >= 15 is 0 Å². The van der Waals surface area contributed by atoms with Crippen LogP contribution in [0.15, 0.2) is 30.5 Å². The average Bonchev–Trinajstić information content (AvgIpc) is 2.75. The zero-order valence-electron chi connectivity index (χ0n) is 12.4. The number of carbonyl (C=O) groups is 1. The summed E-state index contributed by atoms with van der Waals surface area (Å²) in [6.07, 6.45) is 5.82. The number of nitrogens with one attached hydrogen (secondary N) is 1. The van der Waals surface area contributed by atoms with E-state index < -0.39 is 5.60 Å². The number of aryl methyl sites for hydroxylation is 1. The van der Waals surface area contributed by atoms with Crippen LogP contribution in [0.1, 0.15) is 31.9 Å². The number of hydrogen-bond donors (Lipinski definition) is 1. The van der Waals surface area contributed by atoms with Gasteiger partial charge in [-0.25, -0.2) is 4.79 Å². The highest BCUT2D eigenvalue weighted by molar-refractivity contribution is 5.83. The van der Waals surface area contributed by atoms with E-state index in [0.717, 1.165) is 22.0 Å². The van der Waals surface area contributed by atoms with E-state index in [1.165, 1.54) is 6.08 Å². The smallest absolute Gasteiger partial charge is 0.330 e. The first-order valence-corrected chi connectivity index (χ1v) is 6.67. The Balaban J connectivity index is 2.04. The summed E-state index contributed by atoms with van der Waals surface area (Å²) in [5, 5.41) is 8.10. The standard InChI is InChI=1S/C16H20N2O2/c1-11-8-12(9-13-10-17-18-15(11)13)6-5-7-14(19)20-16(2,3)4/h5,7-10H,6H2,1-4H3,(H,17,18)/b7-5+. The van der Waals surface area contributed by atoms with Gasteiger partial charge in [0.2, 0.25) is 0 Å². The number of H-pyrrole nitrogens is 1. The average molecular weight is 272 g/mol. The van der Waals surface area contributed by atoms with Gasteiger partial charge >= 0.3 is 5.97 Å². The highest BCUT2D eigenvalue weighted by Gasteiger charge is 2.13. The number of carbonyl (C=O) groups excluding carboxylic acids is 1. The molecule has 106 valence electrons. The zero-order valence-corrected chi connectivity index (χ0v) is 12.4. The first kappa shape index (κ1) is 14.3. The Labute approximate surface area is 118 Å². The summed E-state index contributed by atoms with van der Waals surface area (Å²) >= 11 is 0. The van der Waals surface area contributed by atoms with E-state index in [9.17, 15) is 4.79 Å². The Hall–Kier alpha value is -2.10. The highest BCUT2D eigenvalue weighted by atomic mass is 16.6. The molecule has 1 heterocycles. The van der Waals surface area contributed by atoms with E-state index in [4.69, 9.17) is 4.74 Å². The summed E-state index contributed by atoms with van der Waals surface area (Å²) in [4.78, 5) is 11.6. The molecule has 0 aliphatic heterocycles. The molecule has 0 aliphatic rings. The van der Waals surface area contributed by atoms with Gasteiger partial charge in [-0.3, -0.25) is 5.10 Å². The fourth-order valence-electron chi connectivity index (χ4n) is 2.06. The van der Waals surface area contributed by atoms with Gasteiger partial charge in [0.05, 0.1) is 11.7 Å². The molecule has 1 N–H and O–H groups in total. The monoisotopic (exact) mass is 272 g/mol. The van der Waals surface area contributed by atoms with E-state index in [-0.39, 0.29) is 5.97 Å². The van der Waals surface area contributed by atoms with Gasteiger partial charge in [-0.15, -0.1) is 0 Å². The predicted octanol–water partition coefficient (Wildman–Crippen LogP) is 3.31. The first-order valence-electron chi connectivity index (χ1n) is 6.67. The second-order valence-electron chi connectivity index (χ2n) is 5.89. The van der Waals surface area contributed by atoms with E-state index in [1.54, 1.807) is 0 Å². The lowest BCUT2D eigenvalue weighted by molar-refractivity contribution is -0.148. The SMILES string of the molecule is Cc1cc(C/C=C/C(=O)OC(C)(C)C)cc2cn[nH]c12. The van der Waals surface area contributed by atoms with Crippen molar-refractivity contribution in [2.24, 2.45) is 0 Å². The number of fused-ring (bicyclic) bond motifs is 1. The molecule has 0 unspecified atom stereocenters. The van der Waals surface area contributed by atoms with Crippen LogP contribution in [-0.2, 0) is 16.0 Å². The second-order valence-corrected chi connectivity index (χ2v) is 5.89. The summed E-state index contributed by atoms with van der Waals surface area (Å²) < 4.78 is 5.22. The van der Waals surface area contributed by atoms with Crippen molar-refractivity contribution < 1.29 is 9.53 Å². The third-order valence-electron chi connectivity index (χ3n) is 2.82. The van der Waals surface area contributed by atoms with Crippen LogP contribution in [0.5, 0.6) is 0 Å². The fourth-order valence-corrected chi connectivity index (χ4v) is 2.06. The number of allylic oxidation sites excluding steroid dienone is 1. The maximum atomic E-state index is 11.6. The summed E-state index contributed by atoms with van der Waals surface area (Å²) in [7, 11) is 0. The largest absolute Gasteiger partial charge is 0.457 e. The minimum atomic E-state index is -0.451. The van der Waals surface area contributed by atoms with Gasteiger partial charge in [0.1, 0.15) is 5.60 Å². The van der Waals surface area contributed by atoms with Crippen LogP contribution in [0.25, 0.3) is 10.9 Å². The molecular formula is C16H20N2O2. The van der Waals surface area contributed by atoms with Crippen LogP contribution < -0.4 is 0 Å². The molecule has 0 amide bonds. The maximum absolute atomic E-state index is 11.6. The lowest BCUT2D eigenvalue weighted by atomic mass is 10.1. The van der Waals surface area contributed by atoms with Crippen molar-refractivity contribution >= 4 is 16.9 Å². The summed E-state index contributed by atoms with van der Waals surface area (Å²) in [6, 6.07) is 4.17. The molecule has 1 aromatic carbocycles. The lowest BCUT2D eigenvalue weighted by Crippen LogP contribution is -2.22. The summed E-state index contributed by atoms with van der Waals surface area (Å²) in [6.45, 7) is 7.61. The maximum Gasteiger partial charge on any atom is 0.330 e. The van der Waals surface area contributed by atoms with Gasteiger partial charge < -0.3 is 4.74 Å². The lowest BCUT2D eigenvalue weighted by Gasteiger charge is -2.17. The number of esters is 1. The molecule has 4 nitrogen and oxygen atoms in total.